The number of methoxy groups -OCH3 is 2. The van der Waals surface area contributed by atoms with E-state index in [-0.39, 0.29) is 24.4 Å². The molecule has 2 heterocycles. The number of fused-ring (bicyclic) bond motifs is 2. The van der Waals surface area contributed by atoms with Crippen LogP contribution in [0.3, 0.4) is 0 Å². The topological polar surface area (TPSA) is 73.8 Å². The minimum Gasteiger partial charge on any atom is -0.382 e. The molecule has 8 nitrogen and oxygen atoms in total. The Morgan fingerprint density at radius 1 is 0.808 bits per heavy atom. The van der Waals surface area contributed by atoms with Gasteiger partial charge in [0, 0.05) is 26.9 Å². The third-order valence-corrected chi connectivity index (χ3v) is 7.48. The molecule has 2 aliphatic heterocycles. The monoisotopic (exact) mass is 394 g/mol. The van der Waals surface area contributed by atoms with Gasteiger partial charge in [0.05, 0.1) is 58.0 Å². The van der Waals surface area contributed by atoms with Crippen LogP contribution in [-0.2, 0) is 37.0 Å². The Bertz CT molecular complexity index is 374. The SMILES string of the molecule is COCCOCC(COCCC[Si]12OC(C)C(O1)C(C)O2)OCCOC. The van der Waals surface area contributed by atoms with Crippen molar-refractivity contribution in [2.45, 2.75) is 50.7 Å². The Balaban J connectivity index is 1.60. The van der Waals surface area contributed by atoms with Gasteiger partial charge in [-0.3, -0.25) is 0 Å². The Morgan fingerprint density at radius 3 is 2.04 bits per heavy atom. The van der Waals surface area contributed by atoms with E-state index < -0.39 is 8.80 Å². The van der Waals surface area contributed by atoms with E-state index in [1.54, 1.807) is 14.2 Å². The maximum Gasteiger partial charge on any atom is 0.502 e. The molecule has 0 aromatic heterocycles. The van der Waals surface area contributed by atoms with E-state index in [0.29, 0.717) is 46.2 Å². The Hall–Kier alpha value is -0.103. The minimum absolute atomic E-state index is 0.0883. The zero-order valence-electron chi connectivity index (χ0n) is 16.4. The standard InChI is InChI=1S/C17H34O8Si/c1-14-17-15(2)24-26(23-14,25-17)11-5-6-20-12-16(22-10-8-19-4)13-21-9-7-18-3/h14-17H,5-13H2,1-4H3. The van der Waals surface area contributed by atoms with E-state index in [4.69, 9.17) is 37.0 Å². The summed E-state index contributed by atoms with van der Waals surface area (Å²) in [5.74, 6) is 0. The predicted octanol–water partition coefficient (Wildman–Crippen LogP) is 1.25. The van der Waals surface area contributed by atoms with Crippen LogP contribution in [0.5, 0.6) is 0 Å². The molecule has 0 radical (unpaired) electrons. The predicted molar refractivity (Wildman–Crippen MR) is 96.3 cm³/mol. The van der Waals surface area contributed by atoms with Crippen molar-refractivity contribution in [1.29, 1.82) is 0 Å². The van der Waals surface area contributed by atoms with Gasteiger partial charge in [-0.1, -0.05) is 0 Å². The molecular formula is C17H34O8Si. The molecule has 0 N–H and O–H groups in total. The first kappa shape index (κ1) is 22.2. The second kappa shape index (κ2) is 11.7. The fraction of sp³-hybridized carbons (Fsp3) is 1.00. The van der Waals surface area contributed by atoms with Crippen LogP contribution in [0.2, 0.25) is 6.04 Å². The highest BCUT2D eigenvalue weighted by Crippen LogP contribution is 2.40. The first-order valence-electron chi connectivity index (χ1n) is 9.38. The maximum absolute atomic E-state index is 6.02. The quantitative estimate of drug-likeness (QED) is 0.303. The largest absolute Gasteiger partial charge is 0.502 e. The molecule has 2 saturated heterocycles. The number of rotatable bonds is 15. The summed E-state index contributed by atoms with van der Waals surface area (Å²) in [5, 5.41) is 0. The lowest BCUT2D eigenvalue weighted by molar-refractivity contribution is -0.0744. The van der Waals surface area contributed by atoms with Gasteiger partial charge in [0.15, 0.2) is 0 Å². The van der Waals surface area contributed by atoms with E-state index in [9.17, 15) is 0 Å². The fourth-order valence-electron chi connectivity index (χ4n) is 3.15. The van der Waals surface area contributed by atoms with Gasteiger partial charge in [-0.05, 0) is 20.3 Å². The van der Waals surface area contributed by atoms with E-state index in [2.05, 4.69) is 13.8 Å². The van der Waals surface area contributed by atoms with Crippen molar-refractivity contribution in [1.82, 2.24) is 0 Å². The van der Waals surface area contributed by atoms with Crippen molar-refractivity contribution in [3.63, 3.8) is 0 Å². The molecule has 3 atom stereocenters. The molecular weight excluding hydrogens is 360 g/mol. The Kier molecular flexibility index (Phi) is 9.96. The van der Waals surface area contributed by atoms with Crippen molar-refractivity contribution in [2.75, 3.05) is 60.5 Å². The lowest BCUT2D eigenvalue weighted by atomic mass is 10.1. The van der Waals surface area contributed by atoms with Crippen LogP contribution in [0.15, 0.2) is 0 Å². The second-order valence-corrected chi connectivity index (χ2v) is 9.22. The molecule has 154 valence electrons. The summed E-state index contributed by atoms with van der Waals surface area (Å²) in [6, 6.07) is 0.789. The van der Waals surface area contributed by atoms with Crippen molar-refractivity contribution >= 4 is 8.80 Å². The summed E-state index contributed by atoms with van der Waals surface area (Å²) in [5.41, 5.74) is 0. The molecule has 0 saturated carbocycles. The van der Waals surface area contributed by atoms with Gasteiger partial charge < -0.3 is 37.0 Å². The van der Waals surface area contributed by atoms with Crippen molar-refractivity contribution in [3.8, 4) is 0 Å². The zero-order chi connectivity index (χ0) is 18.8. The molecule has 0 aromatic rings. The van der Waals surface area contributed by atoms with Crippen molar-refractivity contribution in [2.24, 2.45) is 0 Å². The first-order valence-corrected chi connectivity index (χ1v) is 11.3. The van der Waals surface area contributed by atoms with Crippen LogP contribution in [0.25, 0.3) is 0 Å². The zero-order valence-corrected chi connectivity index (χ0v) is 17.4. The molecule has 9 heteroatoms. The van der Waals surface area contributed by atoms with E-state index in [0.717, 1.165) is 12.5 Å². The summed E-state index contributed by atoms with van der Waals surface area (Å²) in [6.07, 6.45) is 1.07. The summed E-state index contributed by atoms with van der Waals surface area (Å²) >= 11 is 0. The molecule has 0 amide bonds. The van der Waals surface area contributed by atoms with Crippen LogP contribution in [0, 0.1) is 0 Å². The van der Waals surface area contributed by atoms with E-state index >= 15 is 0 Å². The third kappa shape index (κ3) is 6.81. The molecule has 2 fully saturated rings. The van der Waals surface area contributed by atoms with Crippen LogP contribution < -0.4 is 0 Å². The molecule has 2 rings (SSSR count). The normalized spacial score (nSPS) is 31.6. The van der Waals surface area contributed by atoms with Gasteiger partial charge in [0.2, 0.25) is 0 Å². The smallest absolute Gasteiger partial charge is 0.382 e. The summed E-state index contributed by atoms with van der Waals surface area (Å²) < 4.78 is 45.0. The van der Waals surface area contributed by atoms with Crippen LogP contribution >= 0.6 is 0 Å². The average molecular weight is 395 g/mol. The van der Waals surface area contributed by atoms with Gasteiger partial charge in [0.1, 0.15) is 6.10 Å². The van der Waals surface area contributed by atoms with Gasteiger partial charge in [-0.15, -0.1) is 0 Å². The summed E-state index contributed by atoms with van der Waals surface area (Å²) in [4.78, 5) is 0. The number of ether oxygens (including phenoxy) is 5. The highest BCUT2D eigenvalue weighted by molar-refractivity contribution is 6.62. The highest BCUT2D eigenvalue weighted by atomic mass is 28.4. The molecule has 0 aromatic carbocycles. The van der Waals surface area contributed by atoms with Crippen molar-refractivity contribution < 1.29 is 37.0 Å². The van der Waals surface area contributed by atoms with Crippen LogP contribution in [0.1, 0.15) is 20.3 Å². The van der Waals surface area contributed by atoms with Gasteiger partial charge in [-0.2, -0.15) is 0 Å². The summed E-state index contributed by atoms with van der Waals surface area (Å²) in [7, 11) is 0.843. The summed E-state index contributed by atoms with van der Waals surface area (Å²) in [6.45, 7) is 7.84. The van der Waals surface area contributed by atoms with Crippen LogP contribution in [-0.4, -0.2) is 93.7 Å². The van der Waals surface area contributed by atoms with Crippen LogP contribution in [0.4, 0.5) is 0 Å². The molecule has 2 bridgehead atoms. The molecule has 0 aliphatic carbocycles. The second-order valence-electron chi connectivity index (χ2n) is 6.64. The highest BCUT2D eigenvalue weighted by Gasteiger charge is 2.60. The van der Waals surface area contributed by atoms with Gasteiger partial charge >= 0.3 is 8.80 Å². The van der Waals surface area contributed by atoms with Gasteiger partial charge in [-0.25, -0.2) is 0 Å². The molecule has 3 unspecified atom stereocenters. The average Bonchev–Trinajstić information content (AvgIpc) is 3.11. The van der Waals surface area contributed by atoms with E-state index in [1.807, 2.05) is 0 Å². The maximum atomic E-state index is 6.02. The Labute approximate surface area is 157 Å². The third-order valence-electron chi connectivity index (χ3n) is 4.42. The lowest BCUT2D eigenvalue weighted by Gasteiger charge is -2.26. The minimum atomic E-state index is -2.46. The Morgan fingerprint density at radius 2 is 1.42 bits per heavy atom. The molecule has 2 aliphatic rings. The van der Waals surface area contributed by atoms with E-state index in [1.165, 1.54) is 0 Å². The number of hydrogen-bond acceptors (Lipinski definition) is 8. The van der Waals surface area contributed by atoms with Gasteiger partial charge in [0.25, 0.3) is 0 Å². The fourth-order valence-corrected chi connectivity index (χ4v) is 6.44. The molecule has 0 spiro atoms. The molecule has 26 heavy (non-hydrogen) atoms. The first-order chi connectivity index (χ1) is 12.6. The van der Waals surface area contributed by atoms with Crippen molar-refractivity contribution in [3.05, 3.63) is 0 Å². The number of hydrogen-bond donors (Lipinski definition) is 0. The lowest BCUT2D eigenvalue weighted by Crippen LogP contribution is -2.44.